The van der Waals surface area contributed by atoms with Crippen LogP contribution in [-0.2, 0) is 16.6 Å². The van der Waals surface area contributed by atoms with Crippen LogP contribution in [0.5, 0.6) is 5.75 Å². The minimum atomic E-state index is -0.921. The molecule has 0 aliphatic carbocycles. The van der Waals surface area contributed by atoms with Crippen LogP contribution < -0.4 is 10.5 Å². The fourth-order valence-electron chi connectivity index (χ4n) is 3.90. The predicted octanol–water partition coefficient (Wildman–Crippen LogP) is 4.09. The van der Waals surface area contributed by atoms with Crippen molar-refractivity contribution in [2.75, 3.05) is 18.6 Å². The minimum absolute atomic E-state index is 0.0942. The normalized spacial score (nSPS) is 16.8. The Labute approximate surface area is 204 Å². The molecule has 5 atom stereocenters. The average molecular weight is 484 g/mol. The molecule has 5 N–H and O–H groups in total. The quantitative estimate of drug-likeness (QED) is 0.315. The molecule has 0 aliphatic heterocycles. The second-order valence-electron chi connectivity index (χ2n) is 10.7. The van der Waals surface area contributed by atoms with Crippen molar-refractivity contribution in [1.29, 1.82) is 0 Å². The van der Waals surface area contributed by atoms with Crippen LogP contribution in [0.3, 0.4) is 0 Å². The number of ether oxygens (including phenoxy) is 1. The number of carboxylic acid groups (broad SMARTS) is 1. The number of nitrogens with two attached hydrogens (primary N) is 1. The van der Waals surface area contributed by atoms with Gasteiger partial charge in [-0.05, 0) is 60.0 Å². The summed E-state index contributed by atoms with van der Waals surface area (Å²) in [6.45, 7) is 12.5. The number of thioether (sulfide) groups is 1. The van der Waals surface area contributed by atoms with Crippen LogP contribution in [0.2, 0.25) is 0 Å². The summed E-state index contributed by atoms with van der Waals surface area (Å²) in [5.74, 6) is 0.439. The van der Waals surface area contributed by atoms with Crippen molar-refractivity contribution in [3.63, 3.8) is 0 Å². The van der Waals surface area contributed by atoms with E-state index in [4.69, 9.17) is 15.6 Å². The van der Waals surface area contributed by atoms with Crippen LogP contribution in [0.4, 0.5) is 0 Å². The molecule has 6 nitrogen and oxygen atoms in total. The highest BCUT2D eigenvalue weighted by Gasteiger charge is 2.26. The smallest absolute Gasteiger partial charge is 0.306 e. The molecule has 0 radical (unpaired) electrons. The lowest BCUT2D eigenvalue weighted by Gasteiger charge is -2.29. The third-order valence-electron chi connectivity index (χ3n) is 6.17. The highest BCUT2D eigenvalue weighted by molar-refractivity contribution is 7.98. The van der Waals surface area contributed by atoms with Crippen molar-refractivity contribution in [2.45, 2.75) is 84.5 Å². The highest BCUT2D eigenvalue weighted by atomic mass is 32.2. The Hall–Kier alpha value is -1.28. The summed E-state index contributed by atoms with van der Waals surface area (Å²) in [4.78, 5) is 11.1. The van der Waals surface area contributed by atoms with Gasteiger partial charge >= 0.3 is 5.97 Å². The Morgan fingerprint density at radius 2 is 1.79 bits per heavy atom. The first-order valence-electron chi connectivity index (χ1n) is 11.9. The third-order valence-corrected chi connectivity index (χ3v) is 6.89. The maximum atomic E-state index is 11.1. The van der Waals surface area contributed by atoms with E-state index in [1.807, 2.05) is 6.26 Å². The number of rotatable bonds is 14. The SMILES string of the molecule is CSC[C@@H](O)COc1cc(C[C@@H](C[C@H](N)[C@@H](O)C[C@@H](C)C(=O)O)C(C)C)ccc1C(C)(C)C. The first-order chi connectivity index (χ1) is 15.3. The predicted molar refractivity (Wildman–Crippen MR) is 137 cm³/mol. The first-order valence-corrected chi connectivity index (χ1v) is 13.2. The molecule has 0 saturated heterocycles. The van der Waals surface area contributed by atoms with Crippen LogP contribution in [-0.4, -0.2) is 58.2 Å². The summed E-state index contributed by atoms with van der Waals surface area (Å²) in [5.41, 5.74) is 8.40. The lowest BCUT2D eigenvalue weighted by Crippen LogP contribution is -2.39. The van der Waals surface area contributed by atoms with Gasteiger partial charge in [0.2, 0.25) is 0 Å². The Kier molecular flexibility index (Phi) is 12.2. The third kappa shape index (κ3) is 10.3. The van der Waals surface area contributed by atoms with Gasteiger partial charge in [0.15, 0.2) is 0 Å². The average Bonchev–Trinajstić information content (AvgIpc) is 2.70. The molecular formula is C26H45NO5S. The molecule has 7 heteroatoms. The molecule has 0 saturated carbocycles. The number of aliphatic hydroxyl groups excluding tert-OH is 2. The monoisotopic (exact) mass is 483 g/mol. The number of carboxylic acids is 1. The zero-order valence-corrected chi connectivity index (χ0v) is 22.2. The van der Waals surface area contributed by atoms with Gasteiger partial charge in [-0.2, -0.15) is 11.8 Å². The van der Waals surface area contributed by atoms with E-state index in [0.29, 0.717) is 18.1 Å². The van der Waals surface area contributed by atoms with E-state index in [1.54, 1.807) is 18.7 Å². The van der Waals surface area contributed by atoms with Crippen LogP contribution >= 0.6 is 11.8 Å². The summed E-state index contributed by atoms with van der Waals surface area (Å²) in [7, 11) is 0. The second kappa shape index (κ2) is 13.6. The van der Waals surface area contributed by atoms with E-state index >= 15 is 0 Å². The number of benzene rings is 1. The fraction of sp³-hybridized carbons (Fsp3) is 0.731. The zero-order valence-electron chi connectivity index (χ0n) is 21.4. The van der Waals surface area contributed by atoms with Crippen molar-refractivity contribution < 1.29 is 24.9 Å². The number of hydrogen-bond acceptors (Lipinski definition) is 6. The van der Waals surface area contributed by atoms with Gasteiger partial charge in [0.25, 0.3) is 0 Å². The molecule has 0 spiro atoms. The first kappa shape index (κ1) is 29.8. The standard InChI is InChI=1S/C26H45NO5S/c1-16(2)19(13-22(27)23(29)10-17(3)25(30)31)11-18-8-9-21(26(4,5)6)24(12-18)32-14-20(28)15-33-7/h8-9,12,16-17,19-20,22-23,28-29H,10-11,13-15,27H2,1-7H3,(H,30,31)/t17-,19+,20+,22+,23+/m1/s1. The molecule has 1 aromatic rings. The van der Waals surface area contributed by atoms with Crippen molar-refractivity contribution in [3.05, 3.63) is 29.3 Å². The van der Waals surface area contributed by atoms with E-state index < -0.39 is 30.1 Å². The molecule has 0 aliphatic rings. The molecule has 0 heterocycles. The summed E-state index contributed by atoms with van der Waals surface area (Å²) >= 11 is 1.59. The molecular weight excluding hydrogens is 438 g/mol. The summed E-state index contributed by atoms with van der Waals surface area (Å²) in [5, 5.41) is 29.7. The molecule has 1 rings (SSSR count). The summed E-state index contributed by atoms with van der Waals surface area (Å²) < 4.78 is 6.06. The van der Waals surface area contributed by atoms with Crippen LogP contribution in [0.1, 0.15) is 65.5 Å². The van der Waals surface area contributed by atoms with Crippen LogP contribution in [0, 0.1) is 17.8 Å². The van der Waals surface area contributed by atoms with E-state index in [2.05, 4.69) is 52.8 Å². The zero-order chi connectivity index (χ0) is 25.3. The maximum absolute atomic E-state index is 11.1. The van der Waals surface area contributed by atoms with Gasteiger partial charge in [0.1, 0.15) is 12.4 Å². The lowest BCUT2D eigenvalue weighted by atomic mass is 9.81. The van der Waals surface area contributed by atoms with Gasteiger partial charge in [0, 0.05) is 11.8 Å². The molecule has 0 fully saturated rings. The van der Waals surface area contributed by atoms with Gasteiger partial charge in [-0.1, -0.05) is 53.7 Å². The summed E-state index contributed by atoms with van der Waals surface area (Å²) in [6, 6.07) is 5.81. The second-order valence-corrected chi connectivity index (χ2v) is 11.6. The molecule has 0 bridgehead atoms. The molecule has 0 amide bonds. The molecule has 1 aromatic carbocycles. The topological polar surface area (TPSA) is 113 Å². The largest absolute Gasteiger partial charge is 0.491 e. The number of aliphatic hydroxyl groups is 2. The van der Waals surface area contributed by atoms with Crippen molar-refractivity contribution in [2.24, 2.45) is 23.5 Å². The van der Waals surface area contributed by atoms with Crippen molar-refractivity contribution >= 4 is 17.7 Å². The van der Waals surface area contributed by atoms with Gasteiger partial charge in [-0.25, -0.2) is 0 Å². The minimum Gasteiger partial charge on any atom is -0.491 e. The fourth-order valence-corrected chi connectivity index (χ4v) is 4.38. The van der Waals surface area contributed by atoms with Gasteiger partial charge in [0.05, 0.1) is 18.1 Å². The van der Waals surface area contributed by atoms with Crippen molar-refractivity contribution in [1.82, 2.24) is 0 Å². The van der Waals surface area contributed by atoms with E-state index in [-0.39, 0.29) is 24.4 Å². The molecule has 33 heavy (non-hydrogen) atoms. The Morgan fingerprint density at radius 1 is 1.15 bits per heavy atom. The lowest BCUT2D eigenvalue weighted by molar-refractivity contribution is -0.142. The Balaban J connectivity index is 3.00. The van der Waals surface area contributed by atoms with E-state index in [0.717, 1.165) is 23.3 Å². The number of carbonyl (C=O) groups is 1. The van der Waals surface area contributed by atoms with Crippen LogP contribution in [0.15, 0.2) is 18.2 Å². The summed E-state index contributed by atoms with van der Waals surface area (Å²) in [6.07, 6.45) is 2.12. The molecule has 0 unspecified atom stereocenters. The van der Waals surface area contributed by atoms with E-state index in [9.17, 15) is 15.0 Å². The van der Waals surface area contributed by atoms with Crippen molar-refractivity contribution in [3.8, 4) is 5.75 Å². The molecule has 190 valence electrons. The highest BCUT2D eigenvalue weighted by Crippen LogP contribution is 2.34. The van der Waals surface area contributed by atoms with Crippen LogP contribution in [0.25, 0.3) is 0 Å². The van der Waals surface area contributed by atoms with Gasteiger partial charge in [-0.3, -0.25) is 4.79 Å². The molecule has 0 aromatic heterocycles. The Morgan fingerprint density at radius 3 is 2.30 bits per heavy atom. The maximum Gasteiger partial charge on any atom is 0.306 e. The van der Waals surface area contributed by atoms with Gasteiger partial charge < -0.3 is 25.8 Å². The van der Waals surface area contributed by atoms with E-state index in [1.165, 1.54) is 0 Å². The van der Waals surface area contributed by atoms with Gasteiger partial charge in [-0.15, -0.1) is 0 Å². The number of aliphatic carboxylic acids is 1. The Bertz CT molecular complexity index is 734. The number of hydrogen-bond donors (Lipinski definition) is 4.